The Bertz CT molecular complexity index is 1440. The zero-order valence-electron chi connectivity index (χ0n) is 25.1. The normalized spacial score (nSPS) is 14.2. The van der Waals surface area contributed by atoms with Crippen LogP contribution in [0, 0.1) is 0 Å². The third-order valence-electron chi connectivity index (χ3n) is 7.65. The summed E-state index contributed by atoms with van der Waals surface area (Å²) in [6.45, 7) is 3.92. The number of hydrogen-bond acceptors (Lipinski definition) is 6. The highest BCUT2D eigenvalue weighted by molar-refractivity contribution is 7.98. The summed E-state index contributed by atoms with van der Waals surface area (Å²) in [5, 5.41) is 3.14. The smallest absolute Gasteiger partial charge is 0.264 e. The molecule has 0 aromatic heterocycles. The van der Waals surface area contributed by atoms with Gasteiger partial charge in [-0.3, -0.25) is 13.9 Å². The highest BCUT2D eigenvalue weighted by Gasteiger charge is 2.34. The Labute approximate surface area is 259 Å². The number of benzene rings is 3. The van der Waals surface area contributed by atoms with Gasteiger partial charge in [-0.15, -0.1) is 11.8 Å². The highest BCUT2D eigenvalue weighted by Crippen LogP contribution is 2.28. The maximum atomic E-state index is 14.2. The van der Waals surface area contributed by atoms with Crippen LogP contribution in [0.1, 0.15) is 51.5 Å². The Hall–Kier alpha value is -3.50. The van der Waals surface area contributed by atoms with E-state index in [2.05, 4.69) is 5.32 Å². The average molecular weight is 624 g/mol. The summed E-state index contributed by atoms with van der Waals surface area (Å²) in [5.41, 5.74) is 1.18. The van der Waals surface area contributed by atoms with E-state index in [1.807, 2.05) is 50.4 Å². The lowest BCUT2D eigenvalue weighted by Crippen LogP contribution is -2.53. The molecule has 2 amide bonds. The van der Waals surface area contributed by atoms with Gasteiger partial charge in [0.05, 0.1) is 17.2 Å². The standard InChI is InChI=1S/C33H41N3O5S2/c1-4-31(33(38)34-26-13-9-10-14-26)35(23-25-11-7-6-8-12-25)32(37)24-36(27-15-17-28(18-16-27)41-5-2)43(39,40)30-21-19-29(42-3)20-22-30/h6-8,11-12,15-22,26,31H,4-5,9-10,13-14,23-24H2,1-3H3,(H,34,38). The second kappa shape index (κ2) is 15.3. The van der Waals surface area contributed by atoms with Crippen LogP contribution in [0.4, 0.5) is 5.69 Å². The molecular weight excluding hydrogens is 583 g/mol. The molecule has 0 heterocycles. The zero-order valence-corrected chi connectivity index (χ0v) is 26.7. The summed E-state index contributed by atoms with van der Waals surface area (Å²) in [6, 6.07) is 22.1. The van der Waals surface area contributed by atoms with E-state index in [0.29, 0.717) is 24.5 Å². The Kier molecular flexibility index (Phi) is 11.5. The van der Waals surface area contributed by atoms with E-state index in [0.717, 1.165) is 40.4 Å². The van der Waals surface area contributed by atoms with Crippen molar-refractivity contribution in [3.63, 3.8) is 0 Å². The molecule has 1 fully saturated rings. The molecule has 230 valence electrons. The minimum atomic E-state index is -4.14. The third-order valence-corrected chi connectivity index (χ3v) is 10.2. The van der Waals surface area contributed by atoms with Crippen LogP contribution >= 0.6 is 11.8 Å². The average Bonchev–Trinajstić information content (AvgIpc) is 3.54. The van der Waals surface area contributed by atoms with Crippen LogP contribution in [0.25, 0.3) is 0 Å². The van der Waals surface area contributed by atoms with Crippen molar-refractivity contribution in [1.29, 1.82) is 0 Å². The van der Waals surface area contributed by atoms with Crippen LogP contribution in [0.15, 0.2) is 88.7 Å². The number of hydrogen-bond donors (Lipinski definition) is 1. The predicted octanol–water partition coefficient (Wildman–Crippen LogP) is 5.87. The molecule has 1 unspecified atom stereocenters. The number of nitrogens with one attached hydrogen (secondary N) is 1. The van der Waals surface area contributed by atoms with Gasteiger partial charge in [0.15, 0.2) is 0 Å². The first-order valence-electron chi connectivity index (χ1n) is 14.8. The molecular formula is C33H41N3O5S2. The van der Waals surface area contributed by atoms with Crippen LogP contribution in [-0.2, 0) is 26.2 Å². The summed E-state index contributed by atoms with van der Waals surface area (Å²) >= 11 is 1.51. The van der Waals surface area contributed by atoms with Gasteiger partial charge in [0, 0.05) is 17.5 Å². The fourth-order valence-corrected chi connectivity index (χ4v) is 7.17. The number of sulfonamides is 1. The fraction of sp³-hybridized carbons (Fsp3) is 0.394. The Morgan fingerprint density at radius 3 is 2.19 bits per heavy atom. The minimum absolute atomic E-state index is 0.0765. The van der Waals surface area contributed by atoms with E-state index in [1.54, 1.807) is 48.5 Å². The van der Waals surface area contributed by atoms with Gasteiger partial charge in [-0.2, -0.15) is 0 Å². The van der Waals surface area contributed by atoms with Gasteiger partial charge >= 0.3 is 0 Å². The molecule has 1 saturated carbocycles. The summed E-state index contributed by atoms with van der Waals surface area (Å²) < 4.78 is 34.9. The van der Waals surface area contributed by atoms with Gasteiger partial charge in [0.1, 0.15) is 18.3 Å². The van der Waals surface area contributed by atoms with Crippen LogP contribution in [0.5, 0.6) is 5.75 Å². The molecule has 1 aliphatic rings. The number of rotatable bonds is 14. The summed E-state index contributed by atoms with van der Waals surface area (Å²) in [5.74, 6) is -0.0724. The van der Waals surface area contributed by atoms with Crippen LogP contribution in [0.2, 0.25) is 0 Å². The van der Waals surface area contributed by atoms with Gasteiger partial charge in [0.25, 0.3) is 10.0 Å². The number of nitrogens with zero attached hydrogens (tertiary/aromatic N) is 2. The number of carbonyl (C=O) groups is 2. The first-order chi connectivity index (χ1) is 20.8. The van der Waals surface area contributed by atoms with Crippen molar-refractivity contribution in [3.05, 3.63) is 84.4 Å². The molecule has 1 N–H and O–H groups in total. The lowest BCUT2D eigenvalue weighted by molar-refractivity contribution is -0.140. The number of ether oxygens (including phenoxy) is 1. The van der Waals surface area contributed by atoms with Crippen molar-refractivity contribution in [1.82, 2.24) is 10.2 Å². The van der Waals surface area contributed by atoms with Crippen molar-refractivity contribution in [2.75, 3.05) is 23.7 Å². The SMILES string of the molecule is CCOc1ccc(N(CC(=O)N(Cc2ccccc2)C(CC)C(=O)NC2CCCC2)S(=O)(=O)c2ccc(SC)cc2)cc1. The Morgan fingerprint density at radius 1 is 0.953 bits per heavy atom. The van der Waals surface area contributed by atoms with E-state index >= 15 is 0 Å². The molecule has 8 nitrogen and oxygen atoms in total. The molecule has 0 saturated heterocycles. The molecule has 3 aromatic rings. The molecule has 0 aliphatic heterocycles. The van der Waals surface area contributed by atoms with Crippen LogP contribution < -0.4 is 14.4 Å². The molecule has 3 aromatic carbocycles. The Balaban J connectivity index is 1.70. The van der Waals surface area contributed by atoms with Crippen LogP contribution in [-0.4, -0.2) is 56.6 Å². The molecule has 1 aliphatic carbocycles. The molecule has 1 atom stereocenters. The largest absolute Gasteiger partial charge is 0.494 e. The quantitative estimate of drug-likeness (QED) is 0.226. The summed E-state index contributed by atoms with van der Waals surface area (Å²) in [4.78, 5) is 30.3. The topological polar surface area (TPSA) is 96.0 Å². The van der Waals surface area contributed by atoms with Gasteiger partial charge in [-0.1, -0.05) is 50.1 Å². The van der Waals surface area contributed by atoms with E-state index < -0.39 is 28.5 Å². The van der Waals surface area contributed by atoms with Crippen LogP contribution in [0.3, 0.4) is 0 Å². The maximum Gasteiger partial charge on any atom is 0.264 e. The minimum Gasteiger partial charge on any atom is -0.494 e. The molecule has 4 rings (SSSR count). The first-order valence-corrected chi connectivity index (χ1v) is 17.5. The number of thioether (sulfide) groups is 1. The van der Waals surface area contributed by atoms with E-state index in [1.165, 1.54) is 16.7 Å². The van der Waals surface area contributed by atoms with Gasteiger partial charge in [0.2, 0.25) is 11.8 Å². The number of anilines is 1. The lowest BCUT2D eigenvalue weighted by Gasteiger charge is -2.33. The lowest BCUT2D eigenvalue weighted by atomic mass is 10.1. The molecule has 43 heavy (non-hydrogen) atoms. The van der Waals surface area contributed by atoms with E-state index in [-0.39, 0.29) is 23.4 Å². The monoisotopic (exact) mass is 623 g/mol. The van der Waals surface area contributed by atoms with Crippen molar-refractivity contribution in [2.45, 2.75) is 74.4 Å². The number of carbonyl (C=O) groups excluding carboxylic acids is 2. The Morgan fingerprint density at radius 2 is 1.60 bits per heavy atom. The molecule has 0 spiro atoms. The maximum absolute atomic E-state index is 14.2. The third kappa shape index (κ3) is 8.32. The molecule has 10 heteroatoms. The van der Waals surface area contributed by atoms with Gasteiger partial charge in [-0.05, 0) is 86.5 Å². The van der Waals surface area contributed by atoms with Crippen molar-refractivity contribution in [3.8, 4) is 5.75 Å². The first kappa shape index (κ1) is 32.4. The second-order valence-electron chi connectivity index (χ2n) is 10.5. The zero-order chi connectivity index (χ0) is 30.8. The van der Waals surface area contributed by atoms with Gasteiger partial charge in [-0.25, -0.2) is 8.42 Å². The van der Waals surface area contributed by atoms with E-state index in [9.17, 15) is 18.0 Å². The van der Waals surface area contributed by atoms with Crippen molar-refractivity contribution < 1.29 is 22.7 Å². The summed E-state index contributed by atoms with van der Waals surface area (Å²) in [6.07, 6.45) is 6.30. The van der Waals surface area contributed by atoms with Crippen molar-refractivity contribution >= 4 is 39.3 Å². The van der Waals surface area contributed by atoms with Gasteiger partial charge < -0.3 is 15.0 Å². The number of amides is 2. The highest BCUT2D eigenvalue weighted by atomic mass is 32.2. The summed E-state index contributed by atoms with van der Waals surface area (Å²) in [7, 11) is -4.14. The predicted molar refractivity (Wildman–Crippen MR) is 172 cm³/mol. The van der Waals surface area contributed by atoms with Crippen molar-refractivity contribution in [2.24, 2.45) is 0 Å². The van der Waals surface area contributed by atoms with E-state index in [4.69, 9.17) is 4.74 Å². The molecule has 0 bridgehead atoms. The molecule has 0 radical (unpaired) electrons. The second-order valence-corrected chi connectivity index (χ2v) is 13.3. The fourth-order valence-electron chi connectivity index (χ4n) is 5.35.